The molecule has 0 atom stereocenters. The number of fused-ring (bicyclic) bond motifs is 1. The molecule has 1 aliphatic heterocycles. The van der Waals surface area contributed by atoms with Gasteiger partial charge in [-0.1, -0.05) is 6.07 Å². The molecule has 0 spiro atoms. The lowest BCUT2D eigenvalue weighted by Gasteiger charge is -2.38. The van der Waals surface area contributed by atoms with E-state index in [0.29, 0.717) is 13.3 Å². The first-order valence-electron chi connectivity index (χ1n) is 6.15. The lowest BCUT2D eigenvalue weighted by atomic mass is 9.86. The Morgan fingerprint density at radius 1 is 1.17 bits per heavy atom. The van der Waals surface area contributed by atoms with Crippen LogP contribution in [0.4, 0.5) is 0 Å². The van der Waals surface area contributed by atoms with Crippen LogP contribution in [0.1, 0.15) is 33.3 Å². The van der Waals surface area contributed by atoms with Gasteiger partial charge in [-0.05, 0) is 45.4 Å². The monoisotopic (exact) mass is 251 g/mol. The highest BCUT2D eigenvalue weighted by molar-refractivity contribution is 5.44. The van der Waals surface area contributed by atoms with E-state index in [2.05, 4.69) is 5.32 Å². The summed E-state index contributed by atoms with van der Waals surface area (Å²) in [5.41, 5.74) is -0.0521. The molecular formula is C14H21NO3. The maximum atomic E-state index is 10.1. The summed E-state index contributed by atoms with van der Waals surface area (Å²) in [6.45, 7) is 8.55. The van der Waals surface area contributed by atoms with Crippen LogP contribution in [0.2, 0.25) is 0 Å². The standard InChI is InChI=1S/C14H21NO3/c1-13(2,14(3,4)16)15-8-10-5-6-11-12(7-10)18-9-17-11/h5-7,15-16H,8-9H2,1-4H3. The summed E-state index contributed by atoms with van der Waals surface area (Å²) in [6.07, 6.45) is 0. The van der Waals surface area contributed by atoms with Gasteiger partial charge in [0.25, 0.3) is 0 Å². The van der Waals surface area contributed by atoms with Crippen LogP contribution in [0.15, 0.2) is 18.2 Å². The second kappa shape index (κ2) is 4.44. The molecule has 0 aliphatic carbocycles. The van der Waals surface area contributed by atoms with E-state index < -0.39 is 5.60 Å². The highest BCUT2D eigenvalue weighted by atomic mass is 16.7. The van der Waals surface area contributed by atoms with Crippen LogP contribution >= 0.6 is 0 Å². The predicted octanol–water partition coefficient (Wildman–Crippen LogP) is 2.05. The van der Waals surface area contributed by atoms with Crippen molar-refractivity contribution in [1.82, 2.24) is 5.32 Å². The molecule has 0 amide bonds. The number of benzene rings is 1. The second-order valence-corrected chi connectivity index (χ2v) is 5.73. The highest BCUT2D eigenvalue weighted by Crippen LogP contribution is 2.32. The minimum atomic E-state index is -0.788. The van der Waals surface area contributed by atoms with E-state index in [0.717, 1.165) is 17.1 Å². The van der Waals surface area contributed by atoms with Crippen LogP contribution in [-0.4, -0.2) is 23.0 Å². The molecule has 100 valence electrons. The second-order valence-electron chi connectivity index (χ2n) is 5.73. The molecule has 2 rings (SSSR count). The Morgan fingerprint density at radius 2 is 1.83 bits per heavy atom. The molecule has 1 aromatic rings. The van der Waals surface area contributed by atoms with Gasteiger partial charge in [0.1, 0.15) is 0 Å². The Kier molecular flexibility index (Phi) is 3.25. The van der Waals surface area contributed by atoms with Crippen LogP contribution in [0, 0.1) is 0 Å². The van der Waals surface area contributed by atoms with Crippen LogP contribution in [-0.2, 0) is 6.54 Å². The summed E-state index contributed by atoms with van der Waals surface area (Å²) in [4.78, 5) is 0. The molecule has 1 aliphatic rings. The van der Waals surface area contributed by atoms with E-state index in [9.17, 15) is 5.11 Å². The number of hydrogen-bond donors (Lipinski definition) is 2. The summed E-state index contributed by atoms with van der Waals surface area (Å²) in [6, 6.07) is 5.88. The summed E-state index contributed by atoms with van der Waals surface area (Å²) < 4.78 is 10.6. The highest BCUT2D eigenvalue weighted by Gasteiger charge is 2.34. The smallest absolute Gasteiger partial charge is 0.231 e. The van der Waals surface area contributed by atoms with Gasteiger partial charge >= 0.3 is 0 Å². The molecule has 0 saturated carbocycles. The lowest BCUT2D eigenvalue weighted by Crippen LogP contribution is -2.55. The molecule has 0 saturated heterocycles. The quantitative estimate of drug-likeness (QED) is 0.860. The van der Waals surface area contributed by atoms with E-state index in [1.54, 1.807) is 13.8 Å². The van der Waals surface area contributed by atoms with Crippen molar-refractivity contribution in [2.24, 2.45) is 0 Å². The fourth-order valence-corrected chi connectivity index (χ4v) is 1.59. The van der Waals surface area contributed by atoms with E-state index in [4.69, 9.17) is 9.47 Å². The van der Waals surface area contributed by atoms with E-state index in [1.807, 2.05) is 32.0 Å². The Morgan fingerprint density at radius 3 is 2.50 bits per heavy atom. The molecule has 0 unspecified atom stereocenters. The van der Waals surface area contributed by atoms with Crippen molar-refractivity contribution in [3.63, 3.8) is 0 Å². The first-order chi connectivity index (χ1) is 8.29. The van der Waals surface area contributed by atoms with Crippen molar-refractivity contribution in [2.45, 2.75) is 45.4 Å². The Hall–Kier alpha value is -1.26. The first-order valence-corrected chi connectivity index (χ1v) is 6.15. The average molecular weight is 251 g/mol. The van der Waals surface area contributed by atoms with Gasteiger partial charge in [-0.25, -0.2) is 0 Å². The third kappa shape index (κ3) is 2.60. The molecule has 4 nitrogen and oxygen atoms in total. The van der Waals surface area contributed by atoms with Crippen LogP contribution in [0.3, 0.4) is 0 Å². The van der Waals surface area contributed by atoms with Gasteiger partial charge in [0.2, 0.25) is 6.79 Å². The van der Waals surface area contributed by atoms with Crippen molar-refractivity contribution in [3.05, 3.63) is 23.8 Å². The van der Waals surface area contributed by atoms with Gasteiger partial charge in [-0.3, -0.25) is 0 Å². The molecule has 0 fully saturated rings. The van der Waals surface area contributed by atoms with Crippen LogP contribution < -0.4 is 14.8 Å². The number of aliphatic hydroxyl groups is 1. The molecule has 2 N–H and O–H groups in total. The fourth-order valence-electron chi connectivity index (χ4n) is 1.59. The largest absolute Gasteiger partial charge is 0.454 e. The van der Waals surface area contributed by atoms with E-state index in [-0.39, 0.29) is 5.54 Å². The average Bonchev–Trinajstić information content (AvgIpc) is 2.71. The normalized spacial score (nSPS) is 14.9. The van der Waals surface area contributed by atoms with Gasteiger partial charge in [0, 0.05) is 12.1 Å². The molecule has 18 heavy (non-hydrogen) atoms. The number of ether oxygens (including phenoxy) is 2. The maximum absolute atomic E-state index is 10.1. The van der Waals surface area contributed by atoms with Gasteiger partial charge in [-0.2, -0.15) is 0 Å². The first kappa shape index (κ1) is 13.2. The molecule has 0 bridgehead atoms. The van der Waals surface area contributed by atoms with Crippen LogP contribution in [0.5, 0.6) is 11.5 Å². The third-order valence-corrected chi connectivity index (χ3v) is 3.70. The predicted molar refractivity (Wildman–Crippen MR) is 69.8 cm³/mol. The molecule has 4 heteroatoms. The minimum absolute atomic E-state index is 0.293. The summed E-state index contributed by atoms with van der Waals surface area (Å²) >= 11 is 0. The van der Waals surface area contributed by atoms with Crippen molar-refractivity contribution < 1.29 is 14.6 Å². The Labute approximate surface area is 108 Å². The number of hydrogen-bond acceptors (Lipinski definition) is 4. The minimum Gasteiger partial charge on any atom is -0.454 e. The van der Waals surface area contributed by atoms with Gasteiger partial charge < -0.3 is 19.9 Å². The Bertz CT molecular complexity index is 435. The molecule has 0 aromatic heterocycles. The maximum Gasteiger partial charge on any atom is 0.231 e. The van der Waals surface area contributed by atoms with E-state index in [1.165, 1.54) is 0 Å². The number of nitrogens with one attached hydrogen (secondary N) is 1. The summed E-state index contributed by atoms with van der Waals surface area (Å²) in [7, 11) is 0. The van der Waals surface area contributed by atoms with E-state index >= 15 is 0 Å². The SMILES string of the molecule is CC(C)(O)C(C)(C)NCc1ccc2c(c1)OCO2. The zero-order valence-electron chi connectivity index (χ0n) is 11.4. The molecular weight excluding hydrogens is 230 g/mol. The Balaban J connectivity index is 2.03. The summed E-state index contributed by atoms with van der Waals surface area (Å²) in [5.74, 6) is 1.58. The summed E-state index contributed by atoms with van der Waals surface area (Å²) in [5, 5.41) is 13.4. The van der Waals surface area contributed by atoms with Crippen molar-refractivity contribution in [1.29, 1.82) is 0 Å². The van der Waals surface area contributed by atoms with Gasteiger partial charge in [0.15, 0.2) is 11.5 Å². The van der Waals surface area contributed by atoms with Crippen molar-refractivity contribution in [2.75, 3.05) is 6.79 Å². The van der Waals surface area contributed by atoms with Gasteiger partial charge in [-0.15, -0.1) is 0 Å². The number of rotatable bonds is 4. The van der Waals surface area contributed by atoms with Crippen LogP contribution in [0.25, 0.3) is 0 Å². The van der Waals surface area contributed by atoms with Crippen molar-refractivity contribution >= 4 is 0 Å². The molecule has 1 aromatic carbocycles. The lowest BCUT2D eigenvalue weighted by molar-refractivity contribution is -0.00532. The zero-order chi connectivity index (χ0) is 13.4. The van der Waals surface area contributed by atoms with Crippen molar-refractivity contribution in [3.8, 4) is 11.5 Å². The fraction of sp³-hybridized carbons (Fsp3) is 0.571. The van der Waals surface area contributed by atoms with Gasteiger partial charge in [0.05, 0.1) is 5.60 Å². The zero-order valence-corrected chi connectivity index (χ0v) is 11.4. The molecule has 1 heterocycles. The third-order valence-electron chi connectivity index (χ3n) is 3.70. The molecule has 0 radical (unpaired) electrons. The topological polar surface area (TPSA) is 50.7 Å².